The number of hydrogen-bond donors (Lipinski definition) is 4. The Morgan fingerprint density at radius 3 is 0.933 bits per heavy atom. The molecular formula is C4H14BO10. The molecule has 0 rings (SSSR count). The third-order valence-corrected chi connectivity index (χ3v) is 0.805. The van der Waals surface area contributed by atoms with Crippen molar-refractivity contribution in [1.29, 1.82) is 0 Å². The van der Waals surface area contributed by atoms with Gasteiger partial charge in [0.2, 0.25) is 0 Å². The first kappa shape index (κ1) is 37.2. The first-order chi connectivity index (χ1) is 4.46. The maximum absolute atomic E-state index is 9.77. The Hall–Kier alpha value is -1.24. The van der Waals surface area contributed by atoms with Gasteiger partial charge in [0.25, 0.3) is 0 Å². The zero-order chi connectivity index (χ0) is 8.31. The maximum Gasteiger partial charge on any atom is 0.335 e. The van der Waals surface area contributed by atoms with E-state index in [2.05, 4.69) is 0 Å². The summed E-state index contributed by atoms with van der Waals surface area (Å²) in [6, 6.07) is 0. The molecule has 0 spiro atoms. The summed E-state index contributed by atoms with van der Waals surface area (Å²) in [4.78, 5) is 19.5. The van der Waals surface area contributed by atoms with E-state index >= 15 is 0 Å². The van der Waals surface area contributed by atoms with Gasteiger partial charge in [0.05, 0.1) is 0 Å². The molecule has 12 N–H and O–H groups in total. The van der Waals surface area contributed by atoms with Crippen molar-refractivity contribution in [2.45, 2.75) is 12.2 Å². The van der Waals surface area contributed by atoms with E-state index in [9.17, 15) is 9.59 Å². The zero-order valence-electron chi connectivity index (χ0n) is 7.34. The van der Waals surface area contributed by atoms with Crippen LogP contribution in [0.1, 0.15) is 0 Å². The lowest BCUT2D eigenvalue weighted by Crippen LogP contribution is -2.39. The Morgan fingerprint density at radius 1 is 0.733 bits per heavy atom. The van der Waals surface area contributed by atoms with Crippen LogP contribution in [0.5, 0.6) is 0 Å². The lowest BCUT2D eigenvalue weighted by Gasteiger charge is -2.07. The molecular weight excluding hydrogens is 219 g/mol. The molecule has 0 aliphatic rings. The standard InChI is InChI=1S/C4H6O6.B.4H2O/c5-1(3(7)8)2(6)4(9)10;;;;;/h1-2,5-6H,(H,7,8)(H,9,10);;4*1H2. The van der Waals surface area contributed by atoms with Crippen molar-refractivity contribution in [3.8, 4) is 0 Å². The monoisotopic (exact) mass is 233 g/mol. The number of hydrogen-bond acceptors (Lipinski definition) is 4. The Morgan fingerprint density at radius 2 is 0.867 bits per heavy atom. The van der Waals surface area contributed by atoms with Crippen molar-refractivity contribution in [3.05, 3.63) is 0 Å². The first-order valence-corrected chi connectivity index (χ1v) is 2.28. The number of carbonyl (C=O) groups is 2. The van der Waals surface area contributed by atoms with Gasteiger partial charge >= 0.3 is 11.9 Å². The van der Waals surface area contributed by atoms with Crippen molar-refractivity contribution in [3.63, 3.8) is 0 Å². The molecule has 2 atom stereocenters. The van der Waals surface area contributed by atoms with Gasteiger partial charge < -0.3 is 42.3 Å². The van der Waals surface area contributed by atoms with Crippen LogP contribution >= 0.6 is 0 Å². The summed E-state index contributed by atoms with van der Waals surface area (Å²) in [5, 5.41) is 32.5. The zero-order valence-corrected chi connectivity index (χ0v) is 7.34. The number of rotatable bonds is 3. The molecule has 0 aliphatic carbocycles. The molecule has 2 unspecified atom stereocenters. The molecule has 0 aromatic heterocycles. The van der Waals surface area contributed by atoms with E-state index in [1.165, 1.54) is 0 Å². The SMILES string of the molecule is O.O.O.O.O=C(O)C(O)C(O)C(=O)O.[B]. The second kappa shape index (κ2) is 15.2. The number of aliphatic hydroxyl groups is 2. The minimum Gasteiger partial charge on any atom is -0.479 e. The fraction of sp³-hybridized carbons (Fsp3) is 0.500. The van der Waals surface area contributed by atoms with Crippen LogP contribution < -0.4 is 0 Å². The number of carboxylic acid groups (broad SMARTS) is 2. The Balaban J connectivity index is -0.0000000405. The molecule has 0 bridgehead atoms. The van der Waals surface area contributed by atoms with Crippen molar-refractivity contribution >= 4 is 20.4 Å². The van der Waals surface area contributed by atoms with Crippen molar-refractivity contribution in [1.82, 2.24) is 0 Å². The summed E-state index contributed by atoms with van der Waals surface area (Å²) in [7, 11) is 0. The van der Waals surface area contributed by atoms with Crippen LogP contribution in [0.25, 0.3) is 0 Å². The molecule has 0 fully saturated rings. The van der Waals surface area contributed by atoms with Gasteiger partial charge in [-0.2, -0.15) is 0 Å². The maximum atomic E-state index is 9.77. The fourth-order valence-corrected chi connectivity index (χ4v) is 0.270. The summed E-state index contributed by atoms with van der Waals surface area (Å²) in [6.45, 7) is 0. The molecule has 0 saturated heterocycles. The third kappa shape index (κ3) is 12.8. The molecule has 93 valence electrons. The lowest BCUT2D eigenvalue weighted by atomic mass is 10.2. The topological polar surface area (TPSA) is 241 Å². The third-order valence-electron chi connectivity index (χ3n) is 0.805. The minimum absolute atomic E-state index is 0. The van der Waals surface area contributed by atoms with Gasteiger partial charge in [-0.15, -0.1) is 0 Å². The predicted molar refractivity (Wildman–Crippen MR) is 47.5 cm³/mol. The summed E-state index contributed by atoms with van der Waals surface area (Å²) < 4.78 is 0. The van der Waals surface area contributed by atoms with Gasteiger partial charge in [0, 0.05) is 8.41 Å². The highest BCUT2D eigenvalue weighted by atomic mass is 16.4. The number of aliphatic hydroxyl groups excluding tert-OH is 2. The van der Waals surface area contributed by atoms with Crippen LogP contribution in [0.15, 0.2) is 0 Å². The predicted octanol–water partition coefficient (Wildman–Crippen LogP) is -5.80. The Kier molecular flexibility index (Phi) is 37.8. The summed E-state index contributed by atoms with van der Waals surface area (Å²) >= 11 is 0. The van der Waals surface area contributed by atoms with Gasteiger partial charge in [-0.3, -0.25) is 0 Å². The van der Waals surface area contributed by atoms with E-state index < -0.39 is 24.1 Å². The molecule has 0 amide bonds. The summed E-state index contributed by atoms with van der Waals surface area (Å²) in [5.74, 6) is -3.54. The van der Waals surface area contributed by atoms with Crippen LogP contribution in [0, 0.1) is 0 Å². The molecule has 3 radical (unpaired) electrons. The summed E-state index contributed by atoms with van der Waals surface area (Å²) in [5.41, 5.74) is 0. The highest BCUT2D eigenvalue weighted by Gasteiger charge is 2.29. The van der Waals surface area contributed by atoms with Crippen LogP contribution in [0.4, 0.5) is 0 Å². The van der Waals surface area contributed by atoms with E-state index in [-0.39, 0.29) is 30.3 Å². The van der Waals surface area contributed by atoms with E-state index in [1.807, 2.05) is 0 Å². The van der Waals surface area contributed by atoms with Gasteiger partial charge in [-0.25, -0.2) is 9.59 Å². The molecule has 0 aromatic rings. The van der Waals surface area contributed by atoms with Crippen LogP contribution in [-0.2, 0) is 9.59 Å². The molecule has 0 aromatic carbocycles. The average molecular weight is 233 g/mol. The Bertz CT molecular complexity index is 142. The molecule has 10 nitrogen and oxygen atoms in total. The van der Waals surface area contributed by atoms with E-state index in [4.69, 9.17) is 20.4 Å². The smallest absolute Gasteiger partial charge is 0.335 e. The van der Waals surface area contributed by atoms with Gasteiger partial charge in [-0.05, 0) is 0 Å². The fourth-order valence-electron chi connectivity index (χ4n) is 0.270. The molecule has 0 saturated carbocycles. The molecule has 0 heterocycles. The van der Waals surface area contributed by atoms with E-state index in [0.717, 1.165) is 0 Å². The second-order valence-corrected chi connectivity index (χ2v) is 1.57. The van der Waals surface area contributed by atoms with Crippen molar-refractivity contribution in [2.75, 3.05) is 0 Å². The minimum atomic E-state index is -2.27. The van der Waals surface area contributed by atoms with Gasteiger partial charge in [0.1, 0.15) is 0 Å². The quantitative estimate of drug-likeness (QED) is 0.345. The molecule has 0 aliphatic heterocycles. The highest BCUT2D eigenvalue weighted by Crippen LogP contribution is 1.92. The highest BCUT2D eigenvalue weighted by molar-refractivity contribution is 5.83. The van der Waals surface area contributed by atoms with Crippen LogP contribution in [0.2, 0.25) is 0 Å². The normalized spacial score (nSPS) is 10.5. The van der Waals surface area contributed by atoms with Crippen molar-refractivity contribution in [2.24, 2.45) is 0 Å². The van der Waals surface area contributed by atoms with Crippen LogP contribution in [-0.4, -0.2) is 74.9 Å². The van der Waals surface area contributed by atoms with E-state index in [0.29, 0.717) is 0 Å². The average Bonchev–Trinajstić information content (AvgIpc) is 1.84. The lowest BCUT2D eigenvalue weighted by molar-refractivity contribution is -0.165. The molecule has 11 heteroatoms. The van der Waals surface area contributed by atoms with E-state index in [1.54, 1.807) is 0 Å². The van der Waals surface area contributed by atoms with Crippen LogP contribution in [0.3, 0.4) is 0 Å². The number of carboxylic acids is 2. The molecule has 15 heavy (non-hydrogen) atoms. The Labute approximate surface area is 85.6 Å². The first-order valence-electron chi connectivity index (χ1n) is 2.28. The van der Waals surface area contributed by atoms with Gasteiger partial charge in [-0.1, -0.05) is 0 Å². The second-order valence-electron chi connectivity index (χ2n) is 1.57. The summed E-state index contributed by atoms with van der Waals surface area (Å²) in [6.07, 6.45) is -4.53. The largest absolute Gasteiger partial charge is 0.479 e. The van der Waals surface area contributed by atoms with Gasteiger partial charge in [0.15, 0.2) is 12.2 Å². The van der Waals surface area contributed by atoms with Crippen molar-refractivity contribution < 1.29 is 51.9 Å². The number of aliphatic carboxylic acids is 2.